The molecule has 3 rings (SSSR count). The quantitative estimate of drug-likeness (QED) is 0.859. The number of hydrogen-bond acceptors (Lipinski definition) is 3. The highest BCUT2D eigenvalue weighted by atomic mass is 19.3. The fourth-order valence-electron chi connectivity index (χ4n) is 2.65. The second-order valence-corrected chi connectivity index (χ2v) is 5.36. The summed E-state index contributed by atoms with van der Waals surface area (Å²) in [4.78, 5) is 6.11. The van der Waals surface area contributed by atoms with Crippen molar-refractivity contribution < 1.29 is 8.78 Å². The van der Waals surface area contributed by atoms with Gasteiger partial charge in [-0.2, -0.15) is 0 Å². The van der Waals surface area contributed by atoms with Crippen LogP contribution in [0.15, 0.2) is 42.7 Å². The Balaban J connectivity index is 1.96. The number of nitrogen functional groups attached to an aromatic ring is 1. The van der Waals surface area contributed by atoms with Crippen LogP contribution >= 0.6 is 0 Å². The van der Waals surface area contributed by atoms with Gasteiger partial charge in [-0.15, -0.1) is 0 Å². The maximum atomic E-state index is 13.3. The lowest BCUT2D eigenvalue weighted by Gasteiger charge is -2.34. The third-order valence-electron chi connectivity index (χ3n) is 3.83. The van der Waals surface area contributed by atoms with Gasteiger partial charge < -0.3 is 10.6 Å². The van der Waals surface area contributed by atoms with Gasteiger partial charge in [-0.05, 0) is 18.2 Å². The first kappa shape index (κ1) is 13.8. The van der Waals surface area contributed by atoms with E-state index in [1.165, 1.54) is 0 Å². The largest absolute Gasteiger partial charge is 0.399 e. The summed E-state index contributed by atoms with van der Waals surface area (Å²) in [6.07, 6.45) is 3.25. The zero-order chi connectivity index (χ0) is 14.9. The summed E-state index contributed by atoms with van der Waals surface area (Å²) in [5.74, 6) is -2.55. The lowest BCUT2D eigenvalue weighted by molar-refractivity contribution is -0.0220. The number of alkyl halides is 2. The molecule has 2 aromatic rings. The van der Waals surface area contributed by atoms with E-state index in [0.717, 1.165) is 16.8 Å². The van der Waals surface area contributed by atoms with Crippen molar-refractivity contribution in [2.45, 2.75) is 18.8 Å². The molecule has 2 heterocycles. The predicted octanol–water partition coefficient (Wildman–Crippen LogP) is 3.57. The van der Waals surface area contributed by atoms with Crippen LogP contribution in [0.25, 0.3) is 11.1 Å². The molecule has 1 aromatic carbocycles. The van der Waals surface area contributed by atoms with E-state index in [4.69, 9.17) is 5.73 Å². The summed E-state index contributed by atoms with van der Waals surface area (Å²) in [7, 11) is 0. The van der Waals surface area contributed by atoms with Crippen LogP contribution in [0.3, 0.4) is 0 Å². The number of benzene rings is 1. The zero-order valence-electron chi connectivity index (χ0n) is 11.6. The van der Waals surface area contributed by atoms with Gasteiger partial charge in [0.2, 0.25) is 0 Å². The molecule has 110 valence electrons. The number of rotatable bonds is 2. The molecule has 0 spiro atoms. The van der Waals surface area contributed by atoms with Crippen LogP contribution < -0.4 is 10.6 Å². The van der Waals surface area contributed by atoms with Crippen LogP contribution in [0.1, 0.15) is 12.8 Å². The van der Waals surface area contributed by atoms with Crippen LogP contribution in [0, 0.1) is 0 Å². The fourth-order valence-corrected chi connectivity index (χ4v) is 2.65. The highest BCUT2D eigenvalue weighted by molar-refractivity contribution is 5.80. The normalized spacial score (nSPS) is 17.7. The molecule has 3 nitrogen and oxygen atoms in total. The SMILES string of the molecule is Nc1ccc(-c2cccnc2)c(N2CCC(F)(F)CC2)c1. The molecule has 1 aromatic heterocycles. The monoisotopic (exact) mass is 289 g/mol. The lowest BCUT2D eigenvalue weighted by atomic mass is 10.0. The molecule has 0 unspecified atom stereocenters. The Morgan fingerprint density at radius 1 is 1.14 bits per heavy atom. The Labute approximate surface area is 122 Å². The number of pyridine rings is 1. The summed E-state index contributed by atoms with van der Waals surface area (Å²) in [6, 6.07) is 9.42. The molecular weight excluding hydrogens is 272 g/mol. The van der Waals surface area contributed by atoms with Crippen LogP contribution in [0.2, 0.25) is 0 Å². The second kappa shape index (κ2) is 5.31. The fraction of sp³-hybridized carbons (Fsp3) is 0.312. The van der Waals surface area contributed by atoms with Gasteiger partial charge in [0.15, 0.2) is 0 Å². The minimum absolute atomic E-state index is 0.117. The van der Waals surface area contributed by atoms with E-state index in [0.29, 0.717) is 18.8 Å². The van der Waals surface area contributed by atoms with Crippen LogP contribution in [-0.4, -0.2) is 24.0 Å². The smallest absolute Gasteiger partial charge is 0.251 e. The third-order valence-corrected chi connectivity index (χ3v) is 3.83. The number of hydrogen-bond donors (Lipinski definition) is 1. The van der Waals surface area contributed by atoms with Gasteiger partial charge in [0, 0.05) is 60.8 Å². The van der Waals surface area contributed by atoms with E-state index < -0.39 is 5.92 Å². The van der Waals surface area contributed by atoms with Crippen LogP contribution in [0.5, 0.6) is 0 Å². The molecule has 21 heavy (non-hydrogen) atoms. The molecule has 1 saturated heterocycles. The highest BCUT2D eigenvalue weighted by Crippen LogP contribution is 2.36. The van der Waals surface area contributed by atoms with Crippen LogP contribution in [-0.2, 0) is 0 Å². The zero-order valence-corrected chi connectivity index (χ0v) is 11.6. The Kier molecular flexibility index (Phi) is 3.49. The molecule has 2 N–H and O–H groups in total. The van der Waals surface area contributed by atoms with Crippen LogP contribution in [0.4, 0.5) is 20.2 Å². The Hall–Kier alpha value is -2.17. The van der Waals surface area contributed by atoms with Crippen molar-refractivity contribution in [3.05, 3.63) is 42.7 Å². The first-order chi connectivity index (χ1) is 10.1. The minimum atomic E-state index is -2.55. The van der Waals surface area contributed by atoms with Crippen molar-refractivity contribution in [1.29, 1.82) is 0 Å². The molecule has 0 atom stereocenters. The number of piperidine rings is 1. The van der Waals surface area contributed by atoms with E-state index >= 15 is 0 Å². The molecule has 0 amide bonds. The van der Waals surface area contributed by atoms with Crippen molar-refractivity contribution in [3.63, 3.8) is 0 Å². The molecule has 1 fully saturated rings. The maximum absolute atomic E-state index is 13.3. The number of halogens is 2. The van der Waals surface area contributed by atoms with Gasteiger partial charge in [-0.25, -0.2) is 8.78 Å². The van der Waals surface area contributed by atoms with Gasteiger partial charge in [-0.3, -0.25) is 4.98 Å². The topological polar surface area (TPSA) is 42.1 Å². The van der Waals surface area contributed by atoms with E-state index in [1.54, 1.807) is 12.4 Å². The van der Waals surface area contributed by atoms with Crippen molar-refractivity contribution >= 4 is 11.4 Å². The molecule has 1 aliphatic rings. The first-order valence-corrected chi connectivity index (χ1v) is 6.98. The van der Waals surface area contributed by atoms with E-state index in [-0.39, 0.29) is 12.8 Å². The predicted molar refractivity (Wildman–Crippen MR) is 80.5 cm³/mol. The van der Waals surface area contributed by atoms with Gasteiger partial charge >= 0.3 is 0 Å². The van der Waals surface area contributed by atoms with Gasteiger partial charge in [0.1, 0.15) is 0 Å². The van der Waals surface area contributed by atoms with Gasteiger partial charge in [0.25, 0.3) is 5.92 Å². The second-order valence-electron chi connectivity index (χ2n) is 5.36. The highest BCUT2D eigenvalue weighted by Gasteiger charge is 2.34. The summed E-state index contributed by atoms with van der Waals surface area (Å²) in [5, 5.41) is 0. The minimum Gasteiger partial charge on any atom is -0.399 e. The van der Waals surface area contributed by atoms with Crippen molar-refractivity contribution in [2.24, 2.45) is 0 Å². The Morgan fingerprint density at radius 2 is 1.90 bits per heavy atom. The molecule has 0 bridgehead atoms. The summed E-state index contributed by atoms with van der Waals surface area (Å²) in [5.41, 5.74) is 9.35. The first-order valence-electron chi connectivity index (χ1n) is 6.98. The van der Waals surface area contributed by atoms with E-state index in [9.17, 15) is 8.78 Å². The van der Waals surface area contributed by atoms with Crippen molar-refractivity contribution in [1.82, 2.24) is 4.98 Å². The standard InChI is InChI=1S/C16H17F2N3/c17-16(18)5-8-21(9-6-16)15-10-13(19)3-4-14(15)12-2-1-7-20-11-12/h1-4,7,10-11H,5-6,8-9,19H2. The average molecular weight is 289 g/mol. The third kappa shape index (κ3) is 2.96. The van der Waals surface area contributed by atoms with E-state index in [1.807, 2.05) is 35.2 Å². The maximum Gasteiger partial charge on any atom is 0.251 e. The van der Waals surface area contributed by atoms with Crippen molar-refractivity contribution in [2.75, 3.05) is 23.7 Å². The number of aromatic nitrogens is 1. The summed E-state index contributed by atoms with van der Waals surface area (Å²) >= 11 is 0. The Morgan fingerprint density at radius 3 is 2.57 bits per heavy atom. The average Bonchev–Trinajstić information content (AvgIpc) is 2.48. The number of nitrogens with zero attached hydrogens (tertiary/aromatic N) is 2. The molecule has 5 heteroatoms. The molecule has 0 radical (unpaired) electrons. The number of nitrogens with two attached hydrogens (primary N) is 1. The number of anilines is 2. The van der Waals surface area contributed by atoms with Gasteiger partial charge in [-0.1, -0.05) is 12.1 Å². The Bertz CT molecular complexity index is 619. The van der Waals surface area contributed by atoms with Gasteiger partial charge in [0.05, 0.1) is 0 Å². The summed E-state index contributed by atoms with van der Waals surface area (Å²) < 4.78 is 26.7. The van der Waals surface area contributed by atoms with E-state index in [2.05, 4.69) is 4.98 Å². The molecule has 0 aliphatic carbocycles. The lowest BCUT2D eigenvalue weighted by Crippen LogP contribution is -2.39. The molecule has 1 aliphatic heterocycles. The van der Waals surface area contributed by atoms with Crippen molar-refractivity contribution in [3.8, 4) is 11.1 Å². The molecule has 0 saturated carbocycles. The summed E-state index contributed by atoms with van der Waals surface area (Å²) in [6.45, 7) is 0.674. The molecular formula is C16H17F2N3.